The van der Waals surface area contributed by atoms with Gasteiger partial charge in [-0.3, -0.25) is 9.36 Å². The summed E-state index contributed by atoms with van der Waals surface area (Å²) in [5, 5.41) is 0.441. The molecule has 2 heterocycles. The molecule has 1 atom stereocenters. The molecule has 25 heavy (non-hydrogen) atoms. The molecule has 0 bridgehead atoms. The van der Waals surface area contributed by atoms with Gasteiger partial charge in [-0.25, -0.2) is 4.79 Å². The van der Waals surface area contributed by atoms with Gasteiger partial charge >= 0.3 is 5.76 Å². The van der Waals surface area contributed by atoms with Crippen LogP contribution in [0.2, 0.25) is 0 Å². The van der Waals surface area contributed by atoms with Crippen molar-refractivity contribution in [2.75, 3.05) is 11.4 Å². The van der Waals surface area contributed by atoms with Crippen LogP contribution in [0.4, 0.5) is 5.69 Å². The van der Waals surface area contributed by atoms with Crippen LogP contribution in [-0.4, -0.2) is 22.3 Å². The van der Waals surface area contributed by atoms with E-state index < -0.39 is 5.76 Å². The van der Waals surface area contributed by atoms with Crippen LogP contribution in [0.15, 0.2) is 62.6 Å². The number of para-hydroxylation sites is 3. The van der Waals surface area contributed by atoms with E-state index in [2.05, 4.69) is 6.92 Å². The second-order valence-electron chi connectivity index (χ2n) is 6.15. The Morgan fingerprint density at radius 2 is 1.96 bits per heavy atom. The molecule has 0 saturated heterocycles. The normalized spacial score (nSPS) is 17.3. The molecule has 0 spiro atoms. The Balaban J connectivity index is 1.69. The zero-order valence-electron chi connectivity index (χ0n) is 13.8. The van der Waals surface area contributed by atoms with Crippen molar-refractivity contribution in [2.45, 2.75) is 30.0 Å². The molecule has 4 rings (SSSR count). The highest BCUT2D eigenvalue weighted by Crippen LogP contribution is 2.37. The van der Waals surface area contributed by atoms with Gasteiger partial charge in [-0.15, -0.1) is 11.8 Å². The Morgan fingerprint density at radius 3 is 2.84 bits per heavy atom. The fraction of sp³-hybridized carbons (Fsp3) is 0.263. The van der Waals surface area contributed by atoms with Gasteiger partial charge in [0.05, 0.1) is 11.2 Å². The summed E-state index contributed by atoms with van der Waals surface area (Å²) >= 11 is 1.79. The lowest BCUT2D eigenvalue weighted by atomic mass is 10.2. The average molecular weight is 354 g/mol. The first-order valence-electron chi connectivity index (χ1n) is 8.28. The highest BCUT2D eigenvalue weighted by Gasteiger charge is 2.25. The largest absolute Gasteiger partial charge is 0.420 e. The smallest absolute Gasteiger partial charge is 0.408 e. The number of rotatable bonds is 2. The molecule has 0 radical (unpaired) electrons. The second kappa shape index (κ2) is 6.44. The molecule has 6 heteroatoms. The number of amides is 1. The van der Waals surface area contributed by atoms with Gasteiger partial charge in [0, 0.05) is 16.7 Å². The maximum atomic E-state index is 13.0. The number of anilines is 1. The molecule has 1 aliphatic heterocycles. The Bertz CT molecular complexity index is 991. The topological polar surface area (TPSA) is 55.5 Å². The van der Waals surface area contributed by atoms with Crippen molar-refractivity contribution in [3.63, 3.8) is 0 Å². The van der Waals surface area contributed by atoms with E-state index in [9.17, 15) is 9.59 Å². The lowest BCUT2D eigenvalue weighted by molar-refractivity contribution is -0.119. The van der Waals surface area contributed by atoms with E-state index in [0.717, 1.165) is 17.0 Å². The number of fused-ring (bicyclic) bond motifs is 2. The summed E-state index contributed by atoms with van der Waals surface area (Å²) in [6.45, 7) is 2.79. The van der Waals surface area contributed by atoms with E-state index in [0.29, 0.717) is 22.9 Å². The van der Waals surface area contributed by atoms with Gasteiger partial charge in [-0.05, 0) is 30.7 Å². The number of benzene rings is 2. The first kappa shape index (κ1) is 16.0. The van der Waals surface area contributed by atoms with Crippen molar-refractivity contribution in [1.82, 2.24) is 4.57 Å². The predicted octanol–water partition coefficient (Wildman–Crippen LogP) is 3.51. The van der Waals surface area contributed by atoms with E-state index in [1.54, 1.807) is 34.9 Å². The van der Waals surface area contributed by atoms with Crippen molar-refractivity contribution in [3.05, 3.63) is 59.1 Å². The molecule has 0 fully saturated rings. The Hall–Kier alpha value is -2.47. The van der Waals surface area contributed by atoms with Crippen LogP contribution in [0.1, 0.15) is 13.3 Å². The molecule has 5 nitrogen and oxygen atoms in total. The molecular formula is C19H18N2O3S. The molecule has 128 valence electrons. The number of carbonyl (C=O) groups is 1. The van der Waals surface area contributed by atoms with Crippen LogP contribution in [0.5, 0.6) is 0 Å². The Labute approximate surface area is 149 Å². The maximum Gasteiger partial charge on any atom is 0.420 e. The molecule has 2 aromatic carbocycles. The third kappa shape index (κ3) is 2.98. The molecular weight excluding hydrogens is 336 g/mol. The number of oxazole rings is 1. The van der Waals surface area contributed by atoms with Gasteiger partial charge in [0.2, 0.25) is 5.91 Å². The van der Waals surface area contributed by atoms with E-state index in [1.807, 2.05) is 30.3 Å². The number of aromatic nitrogens is 1. The van der Waals surface area contributed by atoms with Gasteiger partial charge in [0.15, 0.2) is 5.58 Å². The molecule has 3 aromatic rings. The van der Waals surface area contributed by atoms with E-state index in [4.69, 9.17) is 4.42 Å². The van der Waals surface area contributed by atoms with Crippen LogP contribution >= 0.6 is 11.8 Å². The standard InChI is InChI=1S/C19H18N2O3S/c1-13-10-11-20(15-7-3-5-9-17(15)25-13)18(22)12-21-14-6-2-4-8-16(14)24-19(21)23/h2-9,13H,10-12H2,1H3. The minimum absolute atomic E-state index is 0.0246. The number of hydrogen-bond acceptors (Lipinski definition) is 4. The molecule has 1 aliphatic rings. The summed E-state index contributed by atoms with van der Waals surface area (Å²) in [5.41, 5.74) is 2.06. The van der Waals surface area contributed by atoms with Crippen LogP contribution < -0.4 is 10.7 Å². The molecule has 0 aliphatic carbocycles. The molecule has 1 amide bonds. The van der Waals surface area contributed by atoms with Crippen LogP contribution in [0.25, 0.3) is 11.1 Å². The van der Waals surface area contributed by atoms with Gasteiger partial charge < -0.3 is 9.32 Å². The number of thioether (sulfide) groups is 1. The average Bonchev–Trinajstić information content (AvgIpc) is 2.81. The summed E-state index contributed by atoms with van der Waals surface area (Å²) in [5.74, 6) is -0.601. The fourth-order valence-corrected chi connectivity index (χ4v) is 4.24. The number of nitrogens with zero attached hydrogens (tertiary/aromatic N) is 2. The predicted molar refractivity (Wildman–Crippen MR) is 99.2 cm³/mol. The second-order valence-corrected chi connectivity index (χ2v) is 7.63. The zero-order chi connectivity index (χ0) is 17.4. The quantitative estimate of drug-likeness (QED) is 0.707. The Kier molecular flexibility index (Phi) is 4.13. The minimum Gasteiger partial charge on any atom is -0.408 e. The van der Waals surface area contributed by atoms with E-state index in [1.165, 1.54) is 4.57 Å². The van der Waals surface area contributed by atoms with Crippen LogP contribution in [-0.2, 0) is 11.3 Å². The van der Waals surface area contributed by atoms with Crippen molar-refractivity contribution < 1.29 is 9.21 Å². The summed E-state index contributed by atoms with van der Waals surface area (Å²) < 4.78 is 6.64. The van der Waals surface area contributed by atoms with Gasteiger partial charge in [0.25, 0.3) is 0 Å². The fourth-order valence-electron chi connectivity index (χ4n) is 3.13. The van der Waals surface area contributed by atoms with Crippen molar-refractivity contribution >= 4 is 34.5 Å². The number of carbonyl (C=O) groups excluding carboxylic acids is 1. The van der Waals surface area contributed by atoms with Crippen molar-refractivity contribution in [3.8, 4) is 0 Å². The van der Waals surface area contributed by atoms with Gasteiger partial charge in [-0.1, -0.05) is 31.2 Å². The van der Waals surface area contributed by atoms with Crippen molar-refractivity contribution in [2.24, 2.45) is 0 Å². The Morgan fingerprint density at radius 1 is 1.20 bits per heavy atom. The van der Waals surface area contributed by atoms with Crippen LogP contribution in [0.3, 0.4) is 0 Å². The van der Waals surface area contributed by atoms with Gasteiger partial charge in [-0.2, -0.15) is 0 Å². The van der Waals surface area contributed by atoms with Crippen molar-refractivity contribution in [1.29, 1.82) is 0 Å². The highest BCUT2D eigenvalue weighted by molar-refractivity contribution is 8.00. The first-order chi connectivity index (χ1) is 12.1. The lowest BCUT2D eigenvalue weighted by Crippen LogP contribution is -2.36. The van der Waals surface area contributed by atoms with Gasteiger partial charge in [0.1, 0.15) is 6.54 Å². The third-order valence-electron chi connectivity index (χ3n) is 4.41. The SMILES string of the molecule is CC1CCN(C(=O)Cn2c(=O)oc3ccccc32)c2ccccc2S1. The maximum absolute atomic E-state index is 13.0. The molecule has 1 aromatic heterocycles. The molecule has 0 saturated carbocycles. The van der Waals surface area contributed by atoms with E-state index in [-0.39, 0.29) is 12.5 Å². The summed E-state index contributed by atoms with van der Waals surface area (Å²) in [4.78, 5) is 28.0. The summed E-state index contributed by atoms with van der Waals surface area (Å²) in [6.07, 6.45) is 0.909. The molecule has 1 unspecified atom stereocenters. The monoisotopic (exact) mass is 354 g/mol. The summed E-state index contributed by atoms with van der Waals surface area (Å²) in [6, 6.07) is 15.1. The lowest BCUT2D eigenvalue weighted by Gasteiger charge is -2.22. The molecule has 0 N–H and O–H groups in total. The summed E-state index contributed by atoms with van der Waals surface area (Å²) in [7, 11) is 0. The third-order valence-corrected chi connectivity index (χ3v) is 5.65. The first-order valence-corrected chi connectivity index (χ1v) is 9.16. The zero-order valence-corrected chi connectivity index (χ0v) is 14.7. The highest BCUT2D eigenvalue weighted by atomic mass is 32.2. The van der Waals surface area contributed by atoms with Crippen LogP contribution in [0, 0.1) is 0 Å². The minimum atomic E-state index is -0.500. The van der Waals surface area contributed by atoms with E-state index >= 15 is 0 Å². The number of hydrogen-bond donors (Lipinski definition) is 0.